The molecule has 5 heteroatoms. The largest absolute Gasteiger partial charge is 0.545 e. The zero-order valence-electron chi connectivity index (χ0n) is 8.67. The molecule has 1 amide bonds. The van der Waals surface area contributed by atoms with Gasteiger partial charge in [-0.2, -0.15) is 0 Å². The van der Waals surface area contributed by atoms with Crippen molar-refractivity contribution in [2.75, 3.05) is 5.32 Å². The van der Waals surface area contributed by atoms with Gasteiger partial charge in [0.25, 0.3) is 5.91 Å². The molecule has 0 saturated carbocycles. The van der Waals surface area contributed by atoms with Crippen molar-refractivity contribution in [2.24, 2.45) is 0 Å². The Kier molecular flexibility index (Phi) is 3.20. The van der Waals surface area contributed by atoms with Crippen LogP contribution in [0.2, 0.25) is 0 Å². The van der Waals surface area contributed by atoms with Gasteiger partial charge in [0, 0.05) is 5.69 Å². The molecule has 1 heterocycles. The molecular weight excluding hydrogens is 238 g/mol. The summed E-state index contributed by atoms with van der Waals surface area (Å²) in [4.78, 5) is 22.9. The lowest BCUT2D eigenvalue weighted by atomic mass is 10.2. The van der Waals surface area contributed by atoms with E-state index in [1.165, 1.54) is 23.5 Å². The fraction of sp³-hybridized carbons (Fsp3) is 0. The second kappa shape index (κ2) is 4.80. The first-order valence-electron chi connectivity index (χ1n) is 4.83. The summed E-state index contributed by atoms with van der Waals surface area (Å²) in [7, 11) is 0. The molecule has 0 aliphatic carbocycles. The smallest absolute Gasteiger partial charge is 0.265 e. The molecule has 0 aliphatic rings. The van der Waals surface area contributed by atoms with E-state index in [-0.39, 0.29) is 11.5 Å². The van der Waals surface area contributed by atoms with E-state index >= 15 is 0 Å². The average Bonchev–Trinajstić information content (AvgIpc) is 2.82. The summed E-state index contributed by atoms with van der Waals surface area (Å²) in [5, 5.41) is 15.1. The number of rotatable bonds is 3. The van der Waals surface area contributed by atoms with Crippen LogP contribution in [0, 0.1) is 0 Å². The van der Waals surface area contributed by atoms with Crippen LogP contribution in [0.25, 0.3) is 0 Å². The molecule has 1 aromatic heterocycles. The van der Waals surface area contributed by atoms with Crippen molar-refractivity contribution in [3.63, 3.8) is 0 Å². The van der Waals surface area contributed by atoms with Crippen LogP contribution in [-0.4, -0.2) is 11.9 Å². The number of anilines is 1. The lowest BCUT2D eigenvalue weighted by molar-refractivity contribution is -0.255. The summed E-state index contributed by atoms with van der Waals surface area (Å²) in [6.07, 6.45) is 0. The minimum atomic E-state index is -1.27. The normalized spacial score (nSPS) is 9.88. The SMILES string of the molecule is O=C([O-])c1cccc(NC(=O)c2cccs2)c1. The zero-order chi connectivity index (χ0) is 12.3. The van der Waals surface area contributed by atoms with E-state index < -0.39 is 5.97 Å². The lowest BCUT2D eigenvalue weighted by Gasteiger charge is -2.06. The summed E-state index contributed by atoms with van der Waals surface area (Å²) in [5.74, 6) is -1.52. The maximum absolute atomic E-state index is 11.7. The van der Waals surface area contributed by atoms with Crippen molar-refractivity contribution in [1.29, 1.82) is 0 Å². The molecule has 4 nitrogen and oxygen atoms in total. The van der Waals surface area contributed by atoms with Crippen LogP contribution in [0.1, 0.15) is 20.0 Å². The number of carboxylic acid groups (broad SMARTS) is 1. The van der Waals surface area contributed by atoms with Gasteiger partial charge in [-0.3, -0.25) is 4.79 Å². The average molecular weight is 246 g/mol. The van der Waals surface area contributed by atoms with Crippen LogP contribution < -0.4 is 10.4 Å². The number of carbonyl (C=O) groups is 2. The monoisotopic (exact) mass is 246 g/mol. The van der Waals surface area contributed by atoms with E-state index in [0.29, 0.717) is 10.6 Å². The second-order valence-corrected chi connectivity index (χ2v) is 4.25. The molecule has 1 aromatic carbocycles. The minimum Gasteiger partial charge on any atom is -0.545 e. The fourth-order valence-electron chi connectivity index (χ4n) is 1.32. The molecule has 0 unspecified atom stereocenters. The number of hydrogen-bond acceptors (Lipinski definition) is 4. The number of aromatic carboxylic acids is 1. The van der Waals surface area contributed by atoms with E-state index in [1.807, 2.05) is 0 Å². The van der Waals surface area contributed by atoms with Crippen LogP contribution in [-0.2, 0) is 0 Å². The number of thiophene rings is 1. The summed E-state index contributed by atoms with van der Waals surface area (Å²) in [6, 6.07) is 9.42. The zero-order valence-corrected chi connectivity index (χ0v) is 9.49. The highest BCUT2D eigenvalue weighted by Gasteiger charge is 2.06. The molecule has 1 N–H and O–H groups in total. The highest BCUT2D eigenvalue weighted by atomic mass is 32.1. The molecule has 2 aromatic rings. The molecule has 86 valence electrons. The van der Waals surface area contributed by atoms with Crippen LogP contribution in [0.5, 0.6) is 0 Å². The molecule has 0 atom stereocenters. The Labute approximate surface area is 102 Å². The number of benzene rings is 1. The molecule has 0 bridgehead atoms. The van der Waals surface area contributed by atoms with Crippen molar-refractivity contribution in [3.8, 4) is 0 Å². The van der Waals surface area contributed by atoms with E-state index in [4.69, 9.17) is 0 Å². The van der Waals surface area contributed by atoms with Gasteiger partial charge >= 0.3 is 0 Å². The third-order valence-electron chi connectivity index (χ3n) is 2.10. The summed E-state index contributed by atoms with van der Waals surface area (Å²) in [6.45, 7) is 0. The maximum atomic E-state index is 11.7. The first kappa shape index (κ1) is 11.3. The molecule has 17 heavy (non-hydrogen) atoms. The van der Waals surface area contributed by atoms with Crippen LogP contribution in [0.4, 0.5) is 5.69 Å². The Morgan fingerprint density at radius 3 is 2.65 bits per heavy atom. The molecule has 0 saturated heterocycles. The van der Waals surface area contributed by atoms with Crippen molar-refractivity contribution in [2.45, 2.75) is 0 Å². The quantitative estimate of drug-likeness (QED) is 0.889. The van der Waals surface area contributed by atoms with Gasteiger partial charge in [0.15, 0.2) is 0 Å². The van der Waals surface area contributed by atoms with E-state index in [0.717, 1.165) is 0 Å². The van der Waals surface area contributed by atoms with E-state index in [2.05, 4.69) is 5.32 Å². The summed E-state index contributed by atoms with van der Waals surface area (Å²) < 4.78 is 0. The van der Waals surface area contributed by atoms with E-state index in [1.54, 1.807) is 29.6 Å². The summed E-state index contributed by atoms with van der Waals surface area (Å²) in [5.41, 5.74) is 0.471. The summed E-state index contributed by atoms with van der Waals surface area (Å²) >= 11 is 1.32. The van der Waals surface area contributed by atoms with Gasteiger partial charge in [-0.25, -0.2) is 0 Å². The Bertz CT molecular complexity index is 549. The minimum absolute atomic E-state index is 0.0361. The molecular formula is C12H8NO3S-. The predicted octanol–water partition coefficient (Wildman–Crippen LogP) is 1.36. The number of amides is 1. The highest BCUT2D eigenvalue weighted by Crippen LogP contribution is 2.14. The van der Waals surface area contributed by atoms with Crippen LogP contribution in [0.15, 0.2) is 41.8 Å². The van der Waals surface area contributed by atoms with Gasteiger partial charge in [0.2, 0.25) is 0 Å². The third-order valence-corrected chi connectivity index (χ3v) is 2.97. The van der Waals surface area contributed by atoms with Crippen molar-refractivity contribution in [1.82, 2.24) is 0 Å². The van der Waals surface area contributed by atoms with Gasteiger partial charge < -0.3 is 15.2 Å². The molecule has 0 aliphatic heterocycles. The Balaban J connectivity index is 2.16. The highest BCUT2D eigenvalue weighted by molar-refractivity contribution is 7.12. The van der Waals surface area contributed by atoms with Crippen molar-refractivity contribution >= 4 is 28.9 Å². The molecule has 0 fully saturated rings. The van der Waals surface area contributed by atoms with Gasteiger partial charge in [-0.15, -0.1) is 11.3 Å². The Morgan fingerprint density at radius 2 is 2.00 bits per heavy atom. The Morgan fingerprint density at radius 1 is 1.18 bits per heavy atom. The first-order valence-corrected chi connectivity index (χ1v) is 5.71. The van der Waals surface area contributed by atoms with Gasteiger partial charge in [0.05, 0.1) is 10.8 Å². The number of nitrogens with one attached hydrogen (secondary N) is 1. The molecule has 0 radical (unpaired) electrons. The third kappa shape index (κ3) is 2.70. The standard InChI is InChI=1S/C12H9NO3S/c14-11(10-5-2-6-17-10)13-9-4-1-3-8(7-9)12(15)16/h1-7H,(H,13,14)(H,15,16)/p-1. The van der Waals surface area contributed by atoms with Gasteiger partial charge in [0.1, 0.15) is 0 Å². The van der Waals surface area contributed by atoms with Crippen molar-refractivity contribution < 1.29 is 14.7 Å². The number of carboxylic acids is 1. The van der Waals surface area contributed by atoms with E-state index in [9.17, 15) is 14.7 Å². The second-order valence-electron chi connectivity index (χ2n) is 3.30. The number of hydrogen-bond donors (Lipinski definition) is 1. The van der Waals surface area contributed by atoms with Gasteiger partial charge in [-0.05, 0) is 29.1 Å². The van der Waals surface area contributed by atoms with Crippen LogP contribution in [0.3, 0.4) is 0 Å². The maximum Gasteiger partial charge on any atom is 0.265 e. The fourth-order valence-corrected chi connectivity index (χ4v) is 1.94. The topological polar surface area (TPSA) is 69.2 Å². The van der Waals surface area contributed by atoms with Gasteiger partial charge in [-0.1, -0.05) is 18.2 Å². The van der Waals surface area contributed by atoms with Crippen LogP contribution >= 0.6 is 11.3 Å². The van der Waals surface area contributed by atoms with Crippen molar-refractivity contribution in [3.05, 3.63) is 52.2 Å². The molecule has 0 spiro atoms. The Hall–Kier alpha value is -2.14. The lowest BCUT2D eigenvalue weighted by Crippen LogP contribution is -2.22. The molecule has 2 rings (SSSR count). The predicted molar refractivity (Wildman–Crippen MR) is 63.0 cm³/mol. The number of carbonyl (C=O) groups excluding carboxylic acids is 2. The first-order chi connectivity index (χ1) is 8.16.